The standard InChI is InChI=1S/C15H18N4O/c1-7-8(2)18-13-12(7)14(17-6-16-13)19-15(20)11-5-10(11)9-3-4-9/h6,9-11H,3-5H2,1-2H3,(H2,16,17,18,19,20)/t10-,11-/m1/s1. The van der Waals surface area contributed by atoms with Crippen molar-refractivity contribution in [1.82, 2.24) is 15.0 Å². The fourth-order valence-corrected chi connectivity index (χ4v) is 3.16. The maximum absolute atomic E-state index is 12.3. The van der Waals surface area contributed by atoms with E-state index in [0.717, 1.165) is 34.6 Å². The van der Waals surface area contributed by atoms with Gasteiger partial charge in [-0.2, -0.15) is 0 Å². The van der Waals surface area contributed by atoms with E-state index >= 15 is 0 Å². The van der Waals surface area contributed by atoms with Crippen LogP contribution in [0.15, 0.2) is 6.33 Å². The van der Waals surface area contributed by atoms with Crippen molar-refractivity contribution >= 4 is 22.8 Å². The molecule has 5 nitrogen and oxygen atoms in total. The summed E-state index contributed by atoms with van der Waals surface area (Å²) in [4.78, 5) is 24.0. The third-order valence-corrected chi connectivity index (χ3v) is 4.74. The molecule has 0 unspecified atom stereocenters. The van der Waals surface area contributed by atoms with Crippen LogP contribution in [0.25, 0.3) is 11.0 Å². The summed E-state index contributed by atoms with van der Waals surface area (Å²) < 4.78 is 0. The van der Waals surface area contributed by atoms with E-state index in [4.69, 9.17) is 0 Å². The zero-order valence-electron chi connectivity index (χ0n) is 11.7. The quantitative estimate of drug-likeness (QED) is 0.900. The van der Waals surface area contributed by atoms with Gasteiger partial charge in [-0.1, -0.05) is 0 Å². The van der Waals surface area contributed by atoms with Crippen molar-refractivity contribution in [2.45, 2.75) is 33.1 Å². The lowest BCUT2D eigenvalue weighted by Crippen LogP contribution is -2.16. The van der Waals surface area contributed by atoms with E-state index in [1.165, 1.54) is 19.2 Å². The van der Waals surface area contributed by atoms with Crippen LogP contribution in [-0.4, -0.2) is 20.9 Å². The molecule has 104 valence electrons. The fourth-order valence-electron chi connectivity index (χ4n) is 3.16. The molecule has 2 aromatic heterocycles. The average Bonchev–Trinajstić information content (AvgIpc) is 3.29. The molecule has 20 heavy (non-hydrogen) atoms. The van der Waals surface area contributed by atoms with Gasteiger partial charge < -0.3 is 10.3 Å². The zero-order valence-corrected chi connectivity index (χ0v) is 11.7. The maximum atomic E-state index is 12.3. The van der Waals surface area contributed by atoms with Crippen molar-refractivity contribution in [2.24, 2.45) is 17.8 Å². The minimum Gasteiger partial charge on any atom is -0.343 e. The SMILES string of the molecule is Cc1[nH]c2ncnc(NC(=O)[C@@H]3C[C@@H]3C3CC3)c2c1C. The molecule has 2 heterocycles. The van der Waals surface area contributed by atoms with Gasteiger partial charge >= 0.3 is 0 Å². The van der Waals surface area contributed by atoms with Crippen molar-refractivity contribution in [3.63, 3.8) is 0 Å². The van der Waals surface area contributed by atoms with Crippen molar-refractivity contribution < 1.29 is 4.79 Å². The van der Waals surface area contributed by atoms with Gasteiger partial charge in [-0.15, -0.1) is 0 Å². The summed E-state index contributed by atoms with van der Waals surface area (Å²) in [6, 6.07) is 0. The fraction of sp³-hybridized carbons (Fsp3) is 0.533. The molecule has 0 radical (unpaired) electrons. The molecule has 2 saturated carbocycles. The first-order chi connectivity index (χ1) is 9.65. The molecular weight excluding hydrogens is 252 g/mol. The smallest absolute Gasteiger partial charge is 0.228 e. The molecule has 0 aromatic carbocycles. The molecule has 4 rings (SSSR count). The lowest BCUT2D eigenvalue weighted by molar-refractivity contribution is -0.117. The van der Waals surface area contributed by atoms with Gasteiger partial charge in [0.2, 0.25) is 5.91 Å². The summed E-state index contributed by atoms with van der Waals surface area (Å²) in [6.45, 7) is 4.03. The first-order valence-corrected chi connectivity index (χ1v) is 7.26. The van der Waals surface area contributed by atoms with Gasteiger partial charge in [-0.25, -0.2) is 9.97 Å². The van der Waals surface area contributed by atoms with Crippen LogP contribution in [0.3, 0.4) is 0 Å². The van der Waals surface area contributed by atoms with Crippen molar-refractivity contribution in [2.75, 3.05) is 5.32 Å². The first-order valence-electron chi connectivity index (χ1n) is 7.26. The van der Waals surface area contributed by atoms with Crippen molar-refractivity contribution in [1.29, 1.82) is 0 Å². The Morgan fingerprint density at radius 3 is 2.90 bits per heavy atom. The van der Waals surface area contributed by atoms with Crippen LogP contribution < -0.4 is 5.32 Å². The van der Waals surface area contributed by atoms with E-state index in [-0.39, 0.29) is 11.8 Å². The second kappa shape index (κ2) is 4.04. The number of carbonyl (C=O) groups excluding carboxylic acids is 1. The molecule has 5 heteroatoms. The predicted molar refractivity (Wildman–Crippen MR) is 76.3 cm³/mol. The highest BCUT2D eigenvalue weighted by Crippen LogP contribution is 2.54. The number of nitrogens with one attached hydrogen (secondary N) is 2. The number of anilines is 1. The molecule has 1 amide bonds. The molecule has 2 aromatic rings. The number of hydrogen-bond acceptors (Lipinski definition) is 3. The summed E-state index contributed by atoms with van der Waals surface area (Å²) in [6.07, 6.45) is 5.17. The van der Waals surface area contributed by atoms with Gasteiger partial charge in [0.05, 0.1) is 5.39 Å². The Morgan fingerprint density at radius 1 is 1.35 bits per heavy atom. The molecule has 2 atom stereocenters. The van der Waals surface area contributed by atoms with Gasteiger partial charge in [-0.05, 0) is 50.5 Å². The highest BCUT2D eigenvalue weighted by Gasteiger charge is 2.51. The number of rotatable bonds is 3. The number of hydrogen-bond donors (Lipinski definition) is 2. The molecule has 2 aliphatic carbocycles. The number of aromatic nitrogens is 3. The van der Waals surface area contributed by atoms with E-state index in [0.29, 0.717) is 11.7 Å². The molecule has 2 fully saturated rings. The summed E-state index contributed by atoms with van der Waals surface area (Å²) >= 11 is 0. The Bertz CT molecular complexity index is 701. The summed E-state index contributed by atoms with van der Waals surface area (Å²) in [5.74, 6) is 2.41. The maximum Gasteiger partial charge on any atom is 0.228 e. The van der Waals surface area contributed by atoms with Gasteiger partial charge in [0.25, 0.3) is 0 Å². The number of amides is 1. The monoisotopic (exact) mass is 270 g/mol. The van der Waals surface area contributed by atoms with Gasteiger partial charge in [0, 0.05) is 11.6 Å². The second-order valence-corrected chi connectivity index (χ2v) is 6.15. The van der Waals surface area contributed by atoms with Gasteiger partial charge in [0.1, 0.15) is 17.8 Å². The number of nitrogens with zero attached hydrogens (tertiary/aromatic N) is 2. The van der Waals surface area contributed by atoms with Crippen LogP contribution in [0.5, 0.6) is 0 Å². The summed E-state index contributed by atoms with van der Waals surface area (Å²) in [5.41, 5.74) is 2.96. The number of aromatic amines is 1. The topological polar surface area (TPSA) is 70.7 Å². The third-order valence-electron chi connectivity index (χ3n) is 4.74. The molecule has 0 aliphatic heterocycles. The van der Waals surface area contributed by atoms with Crippen molar-refractivity contribution in [3.05, 3.63) is 17.6 Å². The van der Waals surface area contributed by atoms with Crippen LogP contribution in [0.1, 0.15) is 30.5 Å². The average molecular weight is 270 g/mol. The second-order valence-electron chi connectivity index (χ2n) is 6.15. The van der Waals surface area contributed by atoms with Crippen LogP contribution in [-0.2, 0) is 4.79 Å². The third kappa shape index (κ3) is 1.80. The van der Waals surface area contributed by atoms with E-state index in [1.807, 2.05) is 13.8 Å². The first kappa shape index (κ1) is 11.9. The van der Waals surface area contributed by atoms with E-state index in [2.05, 4.69) is 20.3 Å². The molecule has 2 aliphatic rings. The highest BCUT2D eigenvalue weighted by atomic mass is 16.2. The largest absolute Gasteiger partial charge is 0.343 e. The Labute approximate surface area is 117 Å². The molecule has 0 saturated heterocycles. The number of aryl methyl sites for hydroxylation is 2. The molecule has 0 spiro atoms. The zero-order chi connectivity index (χ0) is 13.9. The molecular formula is C15H18N4O. The number of carbonyl (C=O) groups is 1. The van der Waals surface area contributed by atoms with Crippen LogP contribution in [0.2, 0.25) is 0 Å². The van der Waals surface area contributed by atoms with Gasteiger partial charge in [0.15, 0.2) is 0 Å². The minimum absolute atomic E-state index is 0.125. The molecule has 0 bridgehead atoms. The normalized spacial score (nSPS) is 24.9. The number of H-pyrrole nitrogens is 1. The van der Waals surface area contributed by atoms with Crippen LogP contribution in [0.4, 0.5) is 5.82 Å². The Hall–Kier alpha value is -1.91. The lowest BCUT2D eigenvalue weighted by atomic mass is 10.2. The van der Waals surface area contributed by atoms with Crippen LogP contribution in [0, 0.1) is 31.6 Å². The van der Waals surface area contributed by atoms with E-state index in [1.54, 1.807) is 0 Å². The van der Waals surface area contributed by atoms with E-state index in [9.17, 15) is 4.79 Å². The van der Waals surface area contributed by atoms with Crippen LogP contribution >= 0.6 is 0 Å². The summed E-state index contributed by atoms with van der Waals surface area (Å²) in [7, 11) is 0. The molecule has 2 N–H and O–H groups in total. The van der Waals surface area contributed by atoms with Crippen molar-refractivity contribution in [3.8, 4) is 0 Å². The minimum atomic E-state index is 0.125. The Morgan fingerprint density at radius 2 is 2.15 bits per heavy atom. The Balaban J connectivity index is 1.60. The highest BCUT2D eigenvalue weighted by molar-refractivity contribution is 6.01. The van der Waals surface area contributed by atoms with Gasteiger partial charge in [-0.3, -0.25) is 4.79 Å². The Kier molecular flexibility index (Phi) is 2.40. The predicted octanol–water partition coefficient (Wildman–Crippen LogP) is 2.56. The summed E-state index contributed by atoms with van der Waals surface area (Å²) in [5, 5.41) is 3.94. The lowest BCUT2D eigenvalue weighted by Gasteiger charge is -2.05. The van der Waals surface area contributed by atoms with E-state index < -0.39 is 0 Å². The number of fused-ring (bicyclic) bond motifs is 1.